The van der Waals surface area contributed by atoms with Crippen molar-refractivity contribution in [2.24, 2.45) is 5.92 Å². The Balaban J connectivity index is 3.51. The molecule has 1 aromatic carbocycles. The lowest BCUT2D eigenvalue weighted by molar-refractivity contribution is -0.385. The molecule has 0 radical (unpaired) electrons. The van der Waals surface area contributed by atoms with Crippen LogP contribution < -0.4 is 19.7 Å². The number of ether oxygens (including phenoxy) is 2. The summed E-state index contributed by atoms with van der Waals surface area (Å²) in [5, 5.41) is 32.4. The Morgan fingerprint density at radius 1 is 1.09 bits per heavy atom. The van der Waals surface area contributed by atoms with Gasteiger partial charge in [-0.15, -0.1) is 0 Å². The van der Waals surface area contributed by atoms with E-state index in [0.29, 0.717) is 6.07 Å². The maximum atomic E-state index is 11.9. The van der Waals surface area contributed by atoms with Gasteiger partial charge in [-0.2, -0.15) is 0 Å². The molecule has 0 heterocycles. The van der Waals surface area contributed by atoms with Crippen molar-refractivity contribution in [2.45, 2.75) is 0 Å². The summed E-state index contributed by atoms with van der Waals surface area (Å²) in [5.41, 5.74) is -1.26. The quantitative estimate of drug-likeness (QED) is 0.238. The Labute approximate surface area is 123 Å². The van der Waals surface area contributed by atoms with Gasteiger partial charge in [-0.1, -0.05) is 0 Å². The lowest BCUT2D eigenvalue weighted by atomic mass is 9.97. The molecule has 10 heteroatoms. The Morgan fingerprint density at radius 2 is 1.64 bits per heavy atom. The molecule has 0 unspecified atom stereocenters. The Hall–Kier alpha value is -3.17. The average Bonchev–Trinajstić information content (AvgIpc) is 2.44. The highest BCUT2D eigenvalue weighted by atomic mass is 16.6. The molecule has 0 aromatic heterocycles. The second-order valence-corrected chi connectivity index (χ2v) is 3.92. The number of hydrogen-bond acceptors (Lipinski definition) is 9. The molecule has 0 saturated heterocycles. The zero-order valence-electron chi connectivity index (χ0n) is 11.4. The first kappa shape index (κ1) is 16.9. The first-order valence-corrected chi connectivity index (χ1v) is 5.60. The summed E-state index contributed by atoms with van der Waals surface area (Å²) in [6, 6.07) is 1.61. The number of benzene rings is 1. The number of carbonyl (C=O) groups is 3. The van der Waals surface area contributed by atoms with Gasteiger partial charge in [-0.05, 0) is 6.07 Å². The highest BCUT2D eigenvalue weighted by Crippen LogP contribution is 2.38. The van der Waals surface area contributed by atoms with Gasteiger partial charge >= 0.3 is 5.69 Å². The van der Waals surface area contributed by atoms with Gasteiger partial charge in [0.15, 0.2) is 11.5 Å². The van der Waals surface area contributed by atoms with Crippen LogP contribution in [0.25, 0.3) is 0 Å². The zero-order valence-corrected chi connectivity index (χ0v) is 11.4. The van der Waals surface area contributed by atoms with E-state index in [1.807, 2.05) is 0 Å². The number of aliphatic carboxylic acids is 2. The number of carbonyl (C=O) groups excluding carboxylic acids is 3. The number of nitro groups is 1. The van der Waals surface area contributed by atoms with E-state index in [9.17, 15) is 34.7 Å². The molecule has 0 aliphatic carbocycles. The predicted octanol–water partition coefficient (Wildman–Crippen LogP) is -2.09. The average molecular weight is 311 g/mol. The molecule has 118 valence electrons. The van der Waals surface area contributed by atoms with Gasteiger partial charge in [0.1, 0.15) is 5.92 Å². The van der Waals surface area contributed by atoms with E-state index < -0.39 is 39.8 Å². The van der Waals surface area contributed by atoms with Crippen molar-refractivity contribution < 1.29 is 39.0 Å². The molecule has 0 aliphatic rings. The Kier molecular flexibility index (Phi) is 5.00. The van der Waals surface area contributed by atoms with Crippen molar-refractivity contribution in [3.63, 3.8) is 0 Å². The van der Waals surface area contributed by atoms with Crippen LogP contribution in [0.2, 0.25) is 0 Å². The van der Waals surface area contributed by atoms with Gasteiger partial charge in [0, 0.05) is 11.6 Å². The van der Waals surface area contributed by atoms with Crippen LogP contribution in [0.15, 0.2) is 12.1 Å². The van der Waals surface area contributed by atoms with Crippen LogP contribution in [0.4, 0.5) is 5.69 Å². The van der Waals surface area contributed by atoms with Crippen molar-refractivity contribution in [1.29, 1.82) is 0 Å². The van der Waals surface area contributed by atoms with Crippen LogP contribution >= 0.6 is 0 Å². The van der Waals surface area contributed by atoms with E-state index >= 15 is 0 Å². The number of Topliss-reactive ketones (excluding diaryl/α,β-unsaturated/α-hetero) is 1. The maximum absolute atomic E-state index is 11.9. The van der Waals surface area contributed by atoms with Crippen LogP contribution in [0, 0.1) is 16.0 Å². The number of nitro benzene ring substituents is 1. The van der Waals surface area contributed by atoms with Gasteiger partial charge in [-0.3, -0.25) is 14.9 Å². The Morgan fingerprint density at radius 3 is 2.00 bits per heavy atom. The van der Waals surface area contributed by atoms with Crippen molar-refractivity contribution >= 4 is 23.4 Å². The van der Waals surface area contributed by atoms with Gasteiger partial charge in [-0.25, -0.2) is 0 Å². The highest BCUT2D eigenvalue weighted by Gasteiger charge is 2.28. The normalized spacial score (nSPS) is 10.1. The molecule has 0 bridgehead atoms. The SMILES string of the molecule is COc1cc(C(=O)C(C(=O)[O-])C(=O)[O-])cc([N+](=O)[O-])c1OC. The van der Waals surface area contributed by atoms with Crippen molar-refractivity contribution in [3.8, 4) is 11.5 Å². The van der Waals surface area contributed by atoms with Crippen LogP contribution in [-0.2, 0) is 9.59 Å². The van der Waals surface area contributed by atoms with Crippen molar-refractivity contribution in [3.05, 3.63) is 27.8 Å². The molecular formula is C12H9NO9-2. The summed E-state index contributed by atoms with van der Waals surface area (Å²) in [4.78, 5) is 43.4. The van der Waals surface area contributed by atoms with E-state index in [1.165, 1.54) is 0 Å². The third kappa shape index (κ3) is 3.11. The molecule has 22 heavy (non-hydrogen) atoms. The molecule has 0 atom stereocenters. The minimum Gasteiger partial charge on any atom is -0.549 e. The minimum atomic E-state index is -2.60. The molecule has 1 rings (SSSR count). The van der Waals surface area contributed by atoms with E-state index in [-0.39, 0.29) is 11.5 Å². The van der Waals surface area contributed by atoms with Crippen LogP contribution in [0.5, 0.6) is 11.5 Å². The summed E-state index contributed by atoms with van der Waals surface area (Å²) in [6.45, 7) is 0. The second-order valence-electron chi connectivity index (χ2n) is 3.92. The minimum absolute atomic E-state index is 0.240. The number of ketones is 1. The van der Waals surface area contributed by atoms with Crippen molar-refractivity contribution in [2.75, 3.05) is 14.2 Å². The predicted molar refractivity (Wildman–Crippen MR) is 64.0 cm³/mol. The maximum Gasteiger partial charge on any atom is 0.315 e. The summed E-state index contributed by atoms with van der Waals surface area (Å²) in [6.07, 6.45) is 0. The van der Waals surface area contributed by atoms with Gasteiger partial charge in [0.2, 0.25) is 5.75 Å². The molecule has 0 aliphatic heterocycles. The summed E-state index contributed by atoms with van der Waals surface area (Å²) >= 11 is 0. The molecule has 10 nitrogen and oxygen atoms in total. The van der Waals surface area contributed by atoms with Gasteiger partial charge in [0.25, 0.3) is 0 Å². The van der Waals surface area contributed by atoms with Crippen LogP contribution in [0.3, 0.4) is 0 Å². The molecule has 1 aromatic rings. The summed E-state index contributed by atoms with van der Waals surface area (Å²) in [5.74, 6) is -8.97. The monoisotopic (exact) mass is 311 g/mol. The van der Waals surface area contributed by atoms with E-state index in [1.54, 1.807) is 0 Å². The number of rotatable bonds is 7. The molecule has 0 N–H and O–H groups in total. The Bertz CT molecular complexity index is 638. The fourth-order valence-electron chi connectivity index (χ4n) is 1.70. The fourth-order valence-corrected chi connectivity index (χ4v) is 1.70. The smallest absolute Gasteiger partial charge is 0.315 e. The fraction of sp³-hybridized carbons (Fsp3) is 0.250. The number of methoxy groups -OCH3 is 2. The molecular weight excluding hydrogens is 302 g/mol. The van der Waals surface area contributed by atoms with Crippen LogP contribution in [-0.4, -0.2) is 36.9 Å². The van der Waals surface area contributed by atoms with Gasteiger partial charge in [0.05, 0.1) is 31.1 Å². The largest absolute Gasteiger partial charge is 0.549 e. The zero-order chi connectivity index (χ0) is 17.0. The van der Waals surface area contributed by atoms with Gasteiger partial charge < -0.3 is 29.3 Å². The highest BCUT2D eigenvalue weighted by molar-refractivity contribution is 6.19. The molecule has 0 fully saturated rings. The number of nitrogens with zero attached hydrogens (tertiary/aromatic N) is 1. The van der Waals surface area contributed by atoms with Crippen molar-refractivity contribution in [1.82, 2.24) is 0 Å². The molecule has 0 spiro atoms. The second kappa shape index (κ2) is 6.52. The third-order valence-corrected chi connectivity index (χ3v) is 2.67. The first-order chi connectivity index (χ1) is 10.2. The van der Waals surface area contributed by atoms with E-state index in [0.717, 1.165) is 20.3 Å². The topological polar surface area (TPSA) is 159 Å². The lowest BCUT2D eigenvalue weighted by Crippen LogP contribution is -2.47. The van der Waals surface area contributed by atoms with Crippen LogP contribution in [0.1, 0.15) is 10.4 Å². The lowest BCUT2D eigenvalue weighted by Gasteiger charge is -2.18. The third-order valence-electron chi connectivity index (χ3n) is 2.67. The number of carboxylic acid groups (broad SMARTS) is 2. The number of hydrogen-bond donors (Lipinski definition) is 0. The van der Waals surface area contributed by atoms with E-state index in [4.69, 9.17) is 9.47 Å². The molecule has 0 saturated carbocycles. The summed E-state index contributed by atoms with van der Waals surface area (Å²) in [7, 11) is 2.25. The number of carboxylic acids is 2. The standard InChI is InChI=1S/C12H11NO9/c1-21-7-4-5(3-6(13(19)20)10(7)22-2)9(14)8(11(15)16)12(17)18/h3-4,8H,1-2H3,(H,15,16)(H,17,18)/p-2. The van der Waals surface area contributed by atoms with E-state index in [2.05, 4.69) is 0 Å². The summed E-state index contributed by atoms with van der Waals surface area (Å²) < 4.78 is 9.59. The molecule has 0 amide bonds. The first-order valence-electron chi connectivity index (χ1n) is 5.60.